The van der Waals surface area contributed by atoms with Crippen LogP contribution in [0.1, 0.15) is 97.5 Å². The number of carbonyl (C=O) groups is 2. The van der Waals surface area contributed by atoms with Crippen molar-refractivity contribution in [3.8, 4) is 0 Å². The highest BCUT2D eigenvalue weighted by atomic mass is 19.1. The molecule has 0 spiro atoms. The van der Waals surface area contributed by atoms with E-state index in [4.69, 9.17) is 4.74 Å². The molecule has 1 unspecified atom stereocenters. The molecule has 1 aliphatic heterocycles. The summed E-state index contributed by atoms with van der Waals surface area (Å²) >= 11 is 0. The number of aliphatic hydroxyl groups is 1. The highest BCUT2D eigenvalue weighted by molar-refractivity contribution is 5.89. The first-order valence-corrected chi connectivity index (χ1v) is 15.6. The molecule has 1 aliphatic rings. The maximum absolute atomic E-state index is 14.0. The van der Waals surface area contributed by atoms with E-state index in [0.29, 0.717) is 25.1 Å². The summed E-state index contributed by atoms with van der Waals surface area (Å²) in [5.41, 5.74) is 0.344. The number of carbonyl (C=O) groups excluding carboxylic acids is 2. The molecular formula is C33H52F2N2O4. The topological polar surface area (TPSA) is 78.9 Å². The number of allylic oxidation sites excluding steroid dienone is 1. The first-order valence-electron chi connectivity index (χ1n) is 15.6. The van der Waals surface area contributed by atoms with E-state index in [9.17, 15) is 23.5 Å². The number of hydrogen-bond donors (Lipinski definition) is 2. The van der Waals surface area contributed by atoms with Crippen LogP contribution in [0.2, 0.25) is 0 Å². The van der Waals surface area contributed by atoms with Crippen molar-refractivity contribution < 1.29 is 28.2 Å². The lowest BCUT2D eigenvalue weighted by Crippen LogP contribution is -2.50. The summed E-state index contributed by atoms with van der Waals surface area (Å²) in [7, 11) is 0. The molecule has 1 heterocycles. The van der Waals surface area contributed by atoms with Gasteiger partial charge in [0.05, 0.1) is 24.2 Å². The normalized spacial score (nSPS) is 18.4. The van der Waals surface area contributed by atoms with Crippen molar-refractivity contribution in [1.82, 2.24) is 10.2 Å². The second-order valence-corrected chi connectivity index (χ2v) is 11.7. The molecule has 2 amide bonds. The van der Waals surface area contributed by atoms with Gasteiger partial charge in [0.15, 0.2) is 0 Å². The van der Waals surface area contributed by atoms with Gasteiger partial charge in [-0.05, 0) is 68.6 Å². The van der Waals surface area contributed by atoms with Crippen LogP contribution in [0.15, 0.2) is 30.9 Å². The Morgan fingerprint density at radius 2 is 1.80 bits per heavy atom. The van der Waals surface area contributed by atoms with E-state index in [2.05, 4.69) is 32.7 Å². The van der Waals surface area contributed by atoms with Gasteiger partial charge in [0.25, 0.3) is 0 Å². The minimum Gasteiger partial charge on any atom is -0.391 e. The molecule has 1 saturated heterocycles. The number of likely N-dealkylation sites (tertiary alicyclic amines) is 1. The monoisotopic (exact) mass is 578 g/mol. The van der Waals surface area contributed by atoms with E-state index < -0.39 is 29.7 Å². The van der Waals surface area contributed by atoms with Crippen molar-refractivity contribution in [3.63, 3.8) is 0 Å². The van der Waals surface area contributed by atoms with Gasteiger partial charge in [0, 0.05) is 31.7 Å². The number of ether oxygens (including phenoxy) is 1. The lowest BCUT2D eigenvalue weighted by atomic mass is 9.88. The average Bonchev–Trinajstić information content (AvgIpc) is 3.31. The van der Waals surface area contributed by atoms with Gasteiger partial charge in [-0.1, -0.05) is 53.0 Å². The lowest BCUT2D eigenvalue weighted by molar-refractivity contribution is -0.130. The Kier molecular flexibility index (Phi) is 15.5. The molecular weight excluding hydrogens is 526 g/mol. The minimum atomic E-state index is -0.993. The summed E-state index contributed by atoms with van der Waals surface area (Å²) in [6.07, 6.45) is 8.73. The van der Waals surface area contributed by atoms with Crippen LogP contribution in [0, 0.1) is 23.5 Å². The second kappa shape index (κ2) is 18.3. The standard InChI is InChI=1S/C33H52F2N2O4/c1-6-10-14-29(41-15-11-7-2)16-23(5)32(39)30(19-24-17-26(34)21-27(35)18-24)36-33(40)25-20-31(38)37(22-25)28(12-8-3)13-9-4/h6,17-18,21,23,25,28-30,32,39H,1,7-16,19-20,22H2,2-5H3,(H,36,40)/t23-,25?,29+,30+,32-/m1/s1. The summed E-state index contributed by atoms with van der Waals surface area (Å²) in [5, 5.41) is 14.5. The fourth-order valence-corrected chi connectivity index (χ4v) is 5.84. The maximum atomic E-state index is 14.0. The van der Waals surface area contributed by atoms with Gasteiger partial charge in [-0.2, -0.15) is 0 Å². The van der Waals surface area contributed by atoms with Gasteiger partial charge in [-0.3, -0.25) is 9.59 Å². The highest BCUT2D eigenvalue weighted by Crippen LogP contribution is 2.26. The van der Waals surface area contributed by atoms with Gasteiger partial charge in [0.2, 0.25) is 11.8 Å². The zero-order valence-corrected chi connectivity index (χ0v) is 25.5. The Labute approximate surface area is 245 Å². The van der Waals surface area contributed by atoms with E-state index in [1.165, 1.54) is 12.1 Å². The average molecular weight is 579 g/mol. The number of unbranched alkanes of at least 4 members (excludes halogenated alkanes) is 1. The summed E-state index contributed by atoms with van der Waals surface area (Å²) in [4.78, 5) is 28.2. The molecule has 8 heteroatoms. The maximum Gasteiger partial charge on any atom is 0.225 e. The van der Waals surface area contributed by atoms with Crippen molar-refractivity contribution in [2.45, 2.75) is 123 Å². The summed E-state index contributed by atoms with van der Waals surface area (Å²) in [6.45, 7) is 13.0. The Morgan fingerprint density at radius 3 is 2.39 bits per heavy atom. The summed E-state index contributed by atoms with van der Waals surface area (Å²) in [6, 6.07) is 2.58. The number of hydrogen-bond acceptors (Lipinski definition) is 4. The first-order chi connectivity index (χ1) is 19.6. The van der Waals surface area contributed by atoms with Gasteiger partial charge in [0.1, 0.15) is 11.6 Å². The highest BCUT2D eigenvalue weighted by Gasteiger charge is 2.39. The third-order valence-electron chi connectivity index (χ3n) is 8.09. The number of rotatable bonds is 20. The first kappa shape index (κ1) is 34.9. The molecule has 2 rings (SSSR count). The molecule has 0 radical (unpaired) electrons. The molecule has 1 fully saturated rings. The predicted molar refractivity (Wildman–Crippen MR) is 159 cm³/mol. The smallest absolute Gasteiger partial charge is 0.225 e. The molecule has 1 aromatic rings. The van der Waals surface area contributed by atoms with Crippen LogP contribution in [0.5, 0.6) is 0 Å². The molecule has 0 bridgehead atoms. The van der Waals surface area contributed by atoms with Crippen LogP contribution in [0.4, 0.5) is 8.78 Å². The third-order valence-corrected chi connectivity index (χ3v) is 8.09. The molecule has 41 heavy (non-hydrogen) atoms. The van der Waals surface area contributed by atoms with E-state index in [1.807, 2.05) is 17.9 Å². The lowest BCUT2D eigenvalue weighted by Gasteiger charge is -2.32. The Balaban J connectivity index is 2.20. The van der Waals surface area contributed by atoms with Gasteiger partial charge >= 0.3 is 0 Å². The molecule has 1 aromatic carbocycles. The second-order valence-electron chi connectivity index (χ2n) is 11.7. The molecule has 0 saturated carbocycles. The van der Waals surface area contributed by atoms with E-state index in [-0.39, 0.29) is 42.7 Å². The van der Waals surface area contributed by atoms with Crippen LogP contribution >= 0.6 is 0 Å². The van der Waals surface area contributed by atoms with Crippen LogP contribution in [-0.2, 0) is 20.7 Å². The number of nitrogens with one attached hydrogen (secondary N) is 1. The number of halogens is 2. The Morgan fingerprint density at radius 1 is 1.15 bits per heavy atom. The van der Waals surface area contributed by atoms with Crippen molar-refractivity contribution in [1.29, 1.82) is 0 Å². The van der Waals surface area contributed by atoms with E-state index >= 15 is 0 Å². The number of aliphatic hydroxyl groups excluding tert-OH is 1. The Bertz CT molecular complexity index is 933. The predicted octanol–water partition coefficient (Wildman–Crippen LogP) is 6.35. The number of amides is 2. The number of benzene rings is 1. The van der Waals surface area contributed by atoms with Crippen LogP contribution in [-0.4, -0.2) is 59.3 Å². The van der Waals surface area contributed by atoms with Crippen molar-refractivity contribution in [3.05, 3.63) is 48.1 Å². The molecule has 0 aromatic heterocycles. The van der Waals surface area contributed by atoms with Crippen molar-refractivity contribution in [2.75, 3.05) is 13.2 Å². The fourth-order valence-electron chi connectivity index (χ4n) is 5.84. The molecule has 232 valence electrons. The molecule has 0 aliphatic carbocycles. The Hall–Kier alpha value is -2.32. The summed E-state index contributed by atoms with van der Waals surface area (Å²) in [5.74, 6) is -2.57. The zero-order valence-electron chi connectivity index (χ0n) is 25.5. The van der Waals surface area contributed by atoms with Crippen molar-refractivity contribution >= 4 is 11.8 Å². The SMILES string of the molecule is C=CCC[C@@H](C[C@@H](C)[C@@H](O)[C@H](Cc1cc(F)cc(F)c1)NC(=O)C1CC(=O)N(C(CCC)CCC)C1)OCCCC. The van der Waals surface area contributed by atoms with Crippen LogP contribution in [0.25, 0.3) is 0 Å². The van der Waals surface area contributed by atoms with Crippen LogP contribution < -0.4 is 5.32 Å². The minimum absolute atomic E-state index is 0.0241. The van der Waals surface area contributed by atoms with E-state index in [1.54, 1.807) is 0 Å². The summed E-state index contributed by atoms with van der Waals surface area (Å²) < 4.78 is 34.1. The largest absolute Gasteiger partial charge is 0.391 e. The van der Waals surface area contributed by atoms with E-state index in [0.717, 1.165) is 57.4 Å². The fraction of sp³-hybridized carbons (Fsp3) is 0.697. The van der Waals surface area contributed by atoms with Gasteiger partial charge in [-0.25, -0.2) is 8.78 Å². The quantitative estimate of drug-likeness (QED) is 0.140. The van der Waals surface area contributed by atoms with Gasteiger partial charge in [-0.15, -0.1) is 6.58 Å². The molecule has 6 nitrogen and oxygen atoms in total. The third kappa shape index (κ3) is 11.5. The van der Waals surface area contributed by atoms with Gasteiger partial charge < -0.3 is 20.1 Å². The molecule has 5 atom stereocenters. The number of nitrogens with zero attached hydrogens (tertiary/aromatic N) is 1. The van der Waals surface area contributed by atoms with Crippen LogP contribution in [0.3, 0.4) is 0 Å². The van der Waals surface area contributed by atoms with Crippen molar-refractivity contribution in [2.24, 2.45) is 11.8 Å². The molecule has 2 N–H and O–H groups in total. The zero-order chi connectivity index (χ0) is 30.4.